The normalized spacial score (nSPS) is 25.2. The first-order chi connectivity index (χ1) is 8.77. The Balaban J connectivity index is 1.77. The number of aliphatic imine (C=N–C) groups is 1. The third-order valence-electron chi connectivity index (χ3n) is 3.52. The van der Waals surface area contributed by atoms with Crippen LogP contribution < -0.4 is 5.73 Å². The van der Waals surface area contributed by atoms with Crippen molar-refractivity contribution in [2.45, 2.75) is 13.0 Å². The average molecular weight is 272 g/mol. The first kappa shape index (κ1) is 14.0. The molecule has 2 N–H and O–H groups in total. The number of hydrogen-bond acceptors (Lipinski definition) is 4. The minimum Gasteiger partial charge on any atom is -0.379 e. The van der Waals surface area contributed by atoms with Gasteiger partial charge in [-0.1, -0.05) is 0 Å². The van der Waals surface area contributed by atoms with Crippen LogP contribution in [0.15, 0.2) is 4.99 Å². The lowest BCUT2D eigenvalue weighted by atomic mass is 10.2. The summed E-state index contributed by atoms with van der Waals surface area (Å²) in [7, 11) is 0. The topological polar surface area (TPSA) is 54.1 Å². The molecule has 0 spiro atoms. The van der Waals surface area contributed by atoms with Gasteiger partial charge in [0.05, 0.1) is 19.8 Å². The summed E-state index contributed by atoms with van der Waals surface area (Å²) in [6.45, 7) is 8.77. The molecule has 2 aliphatic rings. The number of nitrogens with two attached hydrogens (primary N) is 1. The second-order valence-electron chi connectivity index (χ2n) is 4.80. The number of nitrogens with zero attached hydrogens (tertiary/aromatic N) is 3. The summed E-state index contributed by atoms with van der Waals surface area (Å²) in [5, 5.41) is 0. The Morgan fingerprint density at radius 1 is 1.28 bits per heavy atom. The number of ether oxygens (including phenoxy) is 1. The third-order valence-corrected chi connectivity index (χ3v) is 4.46. The van der Waals surface area contributed by atoms with Crippen LogP contribution in [-0.4, -0.2) is 79.2 Å². The highest BCUT2D eigenvalue weighted by molar-refractivity contribution is 7.99. The molecule has 0 aromatic carbocycles. The fourth-order valence-corrected chi connectivity index (χ4v) is 3.15. The van der Waals surface area contributed by atoms with Gasteiger partial charge in [-0.2, -0.15) is 11.8 Å². The number of thioether (sulfide) groups is 1. The van der Waals surface area contributed by atoms with Crippen molar-refractivity contribution in [3.63, 3.8) is 0 Å². The average Bonchev–Trinajstić information content (AvgIpc) is 2.46. The van der Waals surface area contributed by atoms with Crippen LogP contribution in [0.4, 0.5) is 0 Å². The Morgan fingerprint density at radius 3 is 2.61 bits per heavy atom. The van der Waals surface area contributed by atoms with Gasteiger partial charge >= 0.3 is 0 Å². The highest BCUT2D eigenvalue weighted by Gasteiger charge is 2.17. The lowest BCUT2D eigenvalue weighted by molar-refractivity contribution is 0.0220. The summed E-state index contributed by atoms with van der Waals surface area (Å²) in [5.41, 5.74) is 6.05. The molecule has 2 fully saturated rings. The van der Waals surface area contributed by atoms with E-state index in [0.717, 1.165) is 63.4 Å². The van der Waals surface area contributed by atoms with Crippen LogP contribution in [0, 0.1) is 0 Å². The van der Waals surface area contributed by atoms with Gasteiger partial charge < -0.3 is 15.4 Å². The van der Waals surface area contributed by atoms with E-state index in [4.69, 9.17) is 10.5 Å². The Labute approximate surface area is 114 Å². The van der Waals surface area contributed by atoms with E-state index in [1.807, 2.05) is 11.8 Å². The minimum absolute atomic E-state index is 0.451. The number of hydrogen-bond donors (Lipinski definition) is 1. The van der Waals surface area contributed by atoms with Gasteiger partial charge in [0.15, 0.2) is 5.96 Å². The van der Waals surface area contributed by atoms with E-state index in [-0.39, 0.29) is 0 Å². The SMILES string of the molecule is CC(CN=C(N)N1CCSCC1)N1CCOCC1. The molecule has 2 saturated heterocycles. The van der Waals surface area contributed by atoms with Gasteiger partial charge in [-0.3, -0.25) is 9.89 Å². The van der Waals surface area contributed by atoms with Gasteiger partial charge in [-0.15, -0.1) is 0 Å². The quantitative estimate of drug-likeness (QED) is 0.582. The summed E-state index contributed by atoms with van der Waals surface area (Å²) < 4.78 is 5.36. The summed E-state index contributed by atoms with van der Waals surface area (Å²) >= 11 is 1.99. The second-order valence-corrected chi connectivity index (χ2v) is 6.02. The zero-order valence-electron chi connectivity index (χ0n) is 11.2. The molecule has 0 aromatic rings. The van der Waals surface area contributed by atoms with Crippen LogP contribution in [0.5, 0.6) is 0 Å². The molecule has 2 rings (SSSR count). The maximum atomic E-state index is 6.05. The highest BCUT2D eigenvalue weighted by Crippen LogP contribution is 2.09. The third kappa shape index (κ3) is 4.03. The van der Waals surface area contributed by atoms with Gasteiger partial charge in [0.25, 0.3) is 0 Å². The zero-order chi connectivity index (χ0) is 12.8. The van der Waals surface area contributed by atoms with E-state index in [9.17, 15) is 0 Å². The molecule has 0 aromatic heterocycles. The first-order valence-electron chi connectivity index (χ1n) is 6.72. The molecule has 0 aliphatic carbocycles. The van der Waals surface area contributed by atoms with E-state index in [2.05, 4.69) is 21.7 Å². The van der Waals surface area contributed by atoms with E-state index in [0.29, 0.717) is 6.04 Å². The maximum absolute atomic E-state index is 6.05. The van der Waals surface area contributed by atoms with Crippen LogP contribution in [0.25, 0.3) is 0 Å². The summed E-state index contributed by atoms with van der Waals surface area (Å²) in [6.07, 6.45) is 0. The monoisotopic (exact) mass is 272 g/mol. The van der Waals surface area contributed by atoms with Gasteiger partial charge in [0, 0.05) is 43.7 Å². The molecule has 18 heavy (non-hydrogen) atoms. The molecular weight excluding hydrogens is 248 g/mol. The predicted octanol–water partition coefficient (Wildman–Crippen LogP) is 0.0706. The van der Waals surface area contributed by atoms with E-state index in [1.165, 1.54) is 0 Å². The van der Waals surface area contributed by atoms with Crippen molar-refractivity contribution in [3.8, 4) is 0 Å². The Bertz CT molecular complexity index is 275. The second kappa shape index (κ2) is 7.21. The molecule has 2 heterocycles. The van der Waals surface area contributed by atoms with Crippen LogP contribution in [0.3, 0.4) is 0 Å². The number of rotatable bonds is 3. The molecule has 1 unspecified atom stereocenters. The van der Waals surface area contributed by atoms with Crippen molar-refractivity contribution in [3.05, 3.63) is 0 Å². The Hall–Kier alpha value is -0.460. The van der Waals surface area contributed by atoms with Gasteiger partial charge in [0.2, 0.25) is 0 Å². The predicted molar refractivity (Wildman–Crippen MR) is 77.2 cm³/mol. The van der Waals surface area contributed by atoms with Gasteiger partial charge in [0.1, 0.15) is 0 Å². The van der Waals surface area contributed by atoms with E-state index < -0.39 is 0 Å². The van der Waals surface area contributed by atoms with Crippen LogP contribution in [-0.2, 0) is 4.74 Å². The van der Waals surface area contributed by atoms with Crippen molar-refractivity contribution in [1.29, 1.82) is 0 Å². The molecule has 6 heteroatoms. The van der Waals surface area contributed by atoms with Crippen LogP contribution in [0.1, 0.15) is 6.92 Å². The van der Waals surface area contributed by atoms with Crippen molar-refractivity contribution < 1.29 is 4.74 Å². The molecule has 0 bridgehead atoms. The maximum Gasteiger partial charge on any atom is 0.191 e. The molecule has 0 amide bonds. The lowest BCUT2D eigenvalue weighted by Gasteiger charge is -2.32. The molecule has 0 saturated carbocycles. The van der Waals surface area contributed by atoms with Crippen LogP contribution >= 0.6 is 11.8 Å². The largest absolute Gasteiger partial charge is 0.379 e. The van der Waals surface area contributed by atoms with Crippen molar-refractivity contribution in [1.82, 2.24) is 9.80 Å². The molecule has 2 aliphatic heterocycles. The molecule has 5 nitrogen and oxygen atoms in total. The number of guanidine groups is 1. The lowest BCUT2D eigenvalue weighted by Crippen LogP contribution is -2.45. The fourth-order valence-electron chi connectivity index (χ4n) is 2.25. The zero-order valence-corrected chi connectivity index (χ0v) is 12.0. The van der Waals surface area contributed by atoms with Crippen LogP contribution in [0.2, 0.25) is 0 Å². The van der Waals surface area contributed by atoms with Crippen molar-refractivity contribution in [2.75, 3.05) is 57.4 Å². The Kier molecular flexibility index (Phi) is 5.59. The number of morpholine rings is 1. The highest BCUT2D eigenvalue weighted by atomic mass is 32.2. The summed E-state index contributed by atoms with van der Waals surface area (Å²) in [6, 6.07) is 0.451. The standard InChI is InChI=1S/C12H24N4OS/c1-11(15-2-6-17-7-3-15)10-14-12(13)16-4-8-18-9-5-16/h11H,2-10H2,1H3,(H2,13,14). The summed E-state index contributed by atoms with van der Waals surface area (Å²) in [5.74, 6) is 3.04. The van der Waals surface area contributed by atoms with E-state index in [1.54, 1.807) is 0 Å². The van der Waals surface area contributed by atoms with E-state index >= 15 is 0 Å². The summed E-state index contributed by atoms with van der Waals surface area (Å²) in [4.78, 5) is 9.17. The molecular formula is C12H24N4OS. The van der Waals surface area contributed by atoms with Gasteiger partial charge in [-0.25, -0.2) is 0 Å². The fraction of sp³-hybridized carbons (Fsp3) is 0.917. The molecule has 1 atom stereocenters. The first-order valence-corrected chi connectivity index (χ1v) is 7.87. The minimum atomic E-state index is 0.451. The molecule has 0 radical (unpaired) electrons. The van der Waals surface area contributed by atoms with Crippen molar-refractivity contribution in [2.24, 2.45) is 10.7 Å². The van der Waals surface area contributed by atoms with Crippen molar-refractivity contribution >= 4 is 17.7 Å². The molecule has 104 valence electrons. The Morgan fingerprint density at radius 2 is 1.94 bits per heavy atom. The smallest absolute Gasteiger partial charge is 0.191 e. The van der Waals surface area contributed by atoms with Gasteiger partial charge in [-0.05, 0) is 6.92 Å².